The summed E-state index contributed by atoms with van der Waals surface area (Å²) >= 11 is 0. The van der Waals surface area contributed by atoms with Gasteiger partial charge in [0.15, 0.2) is 0 Å². The Bertz CT molecular complexity index is 760. The predicted octanol–water partition coefficient (Wildman–Crippen LogP) is 1.82. The zero-order chi connectivity index (χ0) is 15.0. The highest BCUT2D eigenvalue weighted by molar-refractivity contribution is 5.91. The highest BCUT2D eigenvalue weighted by Crippen LogP contribution is 2.28. The van der Waals surface area contributed by atoms with Crippen LogP contribution in [0.25, 0.3) is 10.9 Å². The zero-order valence-corrected chi connectivity index (χ0v) is 12.1. The monoisotopic (exact) mass is 280 g/mol. The van der Waals surface area contributed by atoms with Gasteiger partial charge in [0.1, 0.15) is 11.4 Å². The van der Waals surface area contributed by atoms with Crippen molar-refractivity contribution in [2.24, 2.45) is 0 Å². The average Bonchev–Trinajstić information content (AvgIpc) is 2.48. The van der Waals surface area contributed by atoms with E-state index in [1.54, 1.807) is 6.07 Å². The molecule has 0 bridgehead atoms. The maximum absolute atomic E-state index is 12.1. The molecule has 0 unspecified atom stereocenters. The van der Waals surface area contributed by atoms with E-state index in [9.17, 15) is 10.1 Å². The van der Waals surface area contributed by atoms with Crippen molar-refractivity contribution in [2.45, 2.75) is 19.4 Å². The van der Waals surface area contributed by atoms with Crippen molar-refractivity contribution in [3.8, 4) is 6.07 Å². The smallest absolute Gasteiger partial charge is 0.245 e. The molecule has 1 saturated heterocycles. The summed E-state index contributed by atoms with van der Waals surface area (Å²) in [6.45, 7) is 4.99. The molecule has 0 saturated carbocycles. The number of para-hydroxylation sites is 1. The Kier molecular flexibility index (Phi) is 3.02. The summed E-state index contributed by atoms with van der Waals surface area (Å²) in [5.41, 5.74) is 0.672. The molecule has 1 fully saturated rings. The standard InChI is InChI=1S/C16H16N4O/c1-16(2)15(21)18-7-8-20(16)14-9-11(10-17)12-5-3-4-6-13(12)19-14/h3-6,9H,7-8H2,1-2H3,(H,18,21). The number of nitriles is 1. The molecular weight excluding hydrogens is 264 g/mol. The number of nitrogens with one attached hydrogen (secondary N) is 1. The number of benzene rings is 1. The summed E-state index contributed by atoms with van der Waals surface area (Å²) < 4.78 is 0. The van der Waals surface area contributed by atoms with E-state index in [2.05, 4.69) is 16.4 Å². The van der Waals surface area contributed by atoms with Crippen molar-refractivity contribution in [1.29, 1.82) is 5.26 Å². The van der Waals surface area contributed by atoms with Gasteiger partial charge in [0.05, 0.1) is 17.1 Å². The topological polar surface area (TPSA) is 69.0 Å². The van der Waals surface area contributed by atoms with Crippen molar-refractivity contribution >= 4 is 22.6 Å². The predicted molar refractivity (Wildman–Crippen MR) is 80.9 cm³/mol. The summed E-state index contributed by atoms with van der Waals surface area (Å²) in [4.78, 5) is 18.7. The molecule has 2 heterocycles. The maximum Gasteiger partial charge on any atom is 0.245 e. The summed E-state index contributed by atoms with van der Waals surface area (Å²) in [7, 11) is 0. The molecule has 1 amide bonds. The van der Waals surface area contributed by atoms with Crippen molar-refractivity contribution < 1.29 is 4.79 Å². The number of piperazine rings is 1. The van der Waals surface area contributed by atoms with Crippen LogP contribution >= 0.6 is 0 Å². The number of hydrogen-bond acceptors (Lipinski definition) is 4. The number of pyridine rings is 1. The van der Waals surface area contributed by atoms with Gasteiger partial charge in [0.25, 0.3) is 0 Å². The average molecular weight is 280 g/mol. The molecule has 1 aromatic heterocycles. The van der Waals surface area contributed by atoms with Crippen LogP contribution in [0.3, 0.4) is 0 Å². The number of hydrogen-bond donors (Lipinski definition) is 1. The fourth-order valence-corrected chi connectivity index (χ4v) is 2.69. The lowest BCUT2D eigenvalue weighted by atomic mass is 9.98. The lowest BCUT2D eigenvalue weighted by molar-refractivity contribution is -0.126. The van der Waals surface area contributed by atoms with E-state index >= 15 is 0 Å². The molecule has 1 N–H and O–H groups in total. The summed E-state index contributed by atoms with van der Waals surface area (Å²) in [5.74, 6) is 0.646. The van der Waals surface area contributed by atoms with Crippen molar-refractivity contribution in [3.63, 3.8) is 0 Å². The van der Waals surface area contributed by atoms with Crippen LogP contribution in [-0.4, -0.2) is 29.5 Å². The van der Waals surface area contributed by atoms with Gasteiger partial charge in [-0.3, -0.25) is 4.79 Å². The number of carbonyl (C=O) groups excluding carboxylic acids is 1. The van der Waals surface area contributed by atoms with Crippen LogP contribution in [0.2, 0.25) is 0 Å². The molecule has 0 atom stereocenters. The van der Waals surface area contributed by atoms with Gasteiger partial charge < -0.3 is 10.2 Å². The van der Waals surface area contributed by atoms with Gasteiger partial charge in [-0.1, -0.05) is 18.2 Å². The zero-order valence-electron chi connectivity index (χ0n) is 12.1. The van der Waals surface area contributed by atoms with Crippen LogP contribution in [-0.2, 0) is 4.79 Å². The van der Waals surface area contributed by atoms with Crippen molar-refractivity contribution in [2.75, 3.05) is 18.0 Å². The molecule has 106 valence electrons. The first-order valence-electron chi connectivity index (χ1n) is 6.90. The van der Waals surface area contributed by atoms with Crippen LogP contribution in [0.15, 0.2) is 30.3 Å². The molecular formula is C16H16N4O. The number of rotatable bonds is 1. The second-order valence-corrected chi connectivity index (χ2v) is 5.62. The Morgan fingerprint density at radius 3 is 2.90 bits per heavy atom. The Morgan fingerprint density at radius 2 is 2.14 bits per heavy atom. The third kappa shape index (κ3) is 2.09. The molecule has 5 nitrogen and oxygen atoms in total. The molecule has 0 radical (unpaired) electrons. The molecule has 5 heteroatoms. The summed E-state index contributed by atoms with van der Waals surface area (Å²) in [6.07, 6.45) is 0. The normalized spacial score (nSPS) is 17.4. The van der Waals surface area contributed by atoms with Crippen molar-refractivity contribution in [3.05, 3.63) is 35.9 Å². The SMILES string of the molecule is CC1(C)C(=O)NCCN1c1cc(C#N)c2ccccc2n1. The number of amides is 1. The summed E-state index contributed by atoms with van der Waals surface area (Å²) in [5, 5.41) is 13.1. The molecule has 1 aliphatic rings. The highest BCUT2D eigenvalue weighted by atomic mass is 16.2. The first-order chi connectivity index (χ1) is 10.0. The van der Waals surface area contributed by atoms with E-state index in [1.165, 1.54) is 0 Å². The minimum absolute atomic E-state index is 0.0257. The lowest BCUT2D eigenvalue weighted by Crippen LogP contribution is -2.62. The Hall–Kier alpha value is -2.61. The molecule has 21 heavy (non-hydrogen) atoms. The highest BCUT2D eigenvalue weighted by Gasteiger charge is 2.38. The maximum atomic E-state index is 12.1. The quantitative estimate of drug-likeness (QED) is 0.865. The number of fused-ring (bicyclic) bond motifs is 1. The van der Waals surface area contributed by atoms with E-state index in [-0.39, 0.29) is 5.91 Å². The fraction of sp³-hybridized carbons (Fsp3) is 0.312. The first kappa shape index (κ1) is 13.4. The molecule has 0 spiro atoms. The van der Waals surface area contributed by atoms with Crippen LogP contribution in [0.5, 0.6) is 0 Å². The van der Waals surface area contributed by atoms with E-state index in [1.807, 2.05) is 43.0 Å². The van der Waals surface area contributed by atoms with Crippen LogP contribution in [0, 0.1) is 11.3 Å². The molecule has 1 aliphatic heterocycles. The second-order valence-electron chi connectivity index (χ2n) is 5.62. The van der Waals surface area contributed by atoms with E-state index in [4.69, 9.17) is 0 Å². The van der Waals surface area contributed by atoms with Gasteiger partial charge >= 0.3 is 0 Å². The van der Waals surface area contributed by atoms with Crippen LogP contribution in [0.1, 0.15) is 19.4 Å². The minimum Gasteiger partial charge on any atom is -0.352 e. The van der Waals surface area contributed by atoms with E-state index in [0.29, 0.717) is 24.5 Å². The molecule has 3 rings (SSSR count). The van der Waals surface area contributed by atoms with E-state index in [0.717, 1.165) is 10.9 Å². The van der Waals surface area contributed by atoms with Gasteiger partial charge in [-0.15, -0.1) is 0 Å². The minimum atomic E-state index is -0.680. The van der Waals surface area contributed by atoms with Gasteiger partial charge in [0.2, 0.25) is 5.91 Å². The third-order valence-electron chi connectivity index (χ3n) is 3.95. The third-order valence-corrected chi connectivity index (χ3v) is 3.95. The van der Waals surface area contributed by atoms with Gasteiger partial charge in [-0.25, -0.2) is 4.98 Å². The van der Waals surface area contributed by atoms with Gasteiger partial charge in [-0.2, -0.15) is 5.26 Å². The fourth-order valence-electron chi connectivity index (χ4n) is 2.69. The molecule has 0 aliphatic carbocycles. The van der Waals surface area contributed by atoms with Crippen LogP contribution < -0.4 is 10.2 Å². The largest absolute Gasteiger partial charge is 0.352 e. The number of aromatic nitrogens is 1. The summed E-state index contributed by atoms with van der Waals surface area (Å²) in [6, 6.07) is 11.5. The van der Waals surface area contributed by atoms with Gasteiger partial charge in [0, 0.05) is 18.5 Å². The number of nitrogens with zero attached hydrogens (tertiary/aromatic N) is 3. The van der Waals surface area contributed by atoms with Crippen LogP contribution in [0.4, 0.5) is 5.82 Å². The Balaban J connectivity index is 2.17. The first-order valence-corrected chi connectivity index (χ1v) is 6.90. The van der Waals surface area contributed by atoms with E-state index < -0.39 is 5.54 Å². The number of anilines is 1. The van der Waals surface area contributed by atoms with Crippen molar-refractivity contribution in [1.82, 2.24) is 10.3 Å². The van der Waals surface area contributed by atoms with Gasteiger partial charge in [-0.05, 0) is 26.0 Å². The Morgan fingerprint density at radius 1 is 1.38 bits per heavy atom. The molecule has 2 aromatic rings. The second kappa shape index (κ2) is 4.74. The Labute approximate surface area is 123 Å². The molecule has 1 aromatic carbocycles. The lowest BCUT2D eigenvalue weighted by Gasteiger charge is -2.42. The number of carbonyl (C=O) groups is 1.